The predicted molar refractivity (Wildman–Crippen MR) is 66.4 cm³/mol. The van der Waals surface area contributed by atoms with E-state index in [4.69, 9.17) is 9.52 Å². The highest BCUT2D eigenvalue weighted by Gasteiger charge is 2.14. The standard InChI is InChI=1S/C12H10N2O4S/c1-7-13-14-12(18-7)19-10(11(16)17)6-8-3-2-4-9(15)5-8/h2-6,15H,1H3,(H,16,17)/p-1/b10-6-. The molecule has 1 heterocycles. The molecule has 2 rings (SSSR count). The van der Waals surface area contributed by atoms with Crippen molar-refractivity contribution in [3.63, 3.8) is 0 Å². The average Bonchev–Trinajstić information content (AvgIpc) is 2.74. The molecule has 1 N–H and O–H groups in total. The summed E-state index contributed by atoms with van der Waals surface area (Å²) in [6.45, 7) is 1.61. The van der Waals surface area contributed by atoms with Crippen LogP contribution in [0.1, 0.15) is 11.5 Å². The maximum atomic E-state index is 11.2. The Hall–Kier alpha value is -2.28. The van der Waals surface area contributed by atoms with Gasteiger partial charge < -0.3 is 14.6 Å². The first kappa shape index (κ1) is 13.2. The average molecular weight is 277 g/mol. The highest BCUT2D eigenvalue weighted by atomic mass is 32.2. The smallest absolute Gasteiger partial charge is 0.342 e. The van der Waals surface area contributed by atoms with E-state index in [1.807, 2.05) is 0 Å². The van der Waals surface area contributed by atoms with Gasteiger partial charge in [0.15, 0.2) is 0 Å². The molecule has 0 aliphatic carbocycles. The fraction of sp³-hybridized carbons (Fsp3) is 0.0833. The monoisotopic (exact) mass is 277 g/mol. The molecule has 0 radical (unpaired) electrons. The van der Waals surface area contributed by atoms with Crippen molar-refractivity contribution in [1.82, 2.24) is 10.2 Å². The number of benzene rings is 1. The summed E-state index contributed by atoms with van der Waals surface area (Å²) in [5, 5.41) is 27.8. The van der Waals surface area contributed by atoms with E-state index in [1.54, 1.807) is 19.1 Å². The first-order valence-corrected chi connectivity index (χ1v) is 6.06. The number of carboxylic acids is 1. The van der Waals surface area contributed by atoms with Gasteiger partial charge >= 0.3 is 5.97 Å². The van der Waals surface area contributed by atoms with E-state index in [0.717, 1.165) is 11.8 Å². The van der Waals surface area contributed by atoms with Crippen molar-refractivity contribution < 1.29 is 19.4 Å². The van der Waals surface area contributed by atoms with Crippen LogP contribution in [-0.4, -0.2) is 21.3 Å². The van der Waals surface area contributed by atoms with Crippen LogP contribution in [0.4, 0.5) is 0 Å². The van der Waals surface area contributed by atoms with E-state index < -0.39 is 5.97 Å². The lowest BCUT2D eigenvalue weighted by atomic mass is 10.2. The Bertz CT molecular complexity index is 636. The predicted octanol–water partition coefficient (Wildman–Crippen LogP) is 1.67. The minimum Gasteiger partial charge on any atom is -0.872 e. The molecule has 0 amide bonds. The minimum absolute atomic E-state index is 0.00532. The second-order valence-electron chi connectivity index (χ2n) is 3.58. The highest BCUT2D eigenvalue weighted by Crippen LogP contribution is 2.27. The lowest BCUT2D eigenvalue weighted by molar-refractivity contribution is -0.268. The number of carboxylic acid groups (broad SMARTS) is 1. The molecule has 0 unspecified atom stereocenters. The van der Waals surface area contributed by atoms with Crippen LogP contribution in [0.15, 0.2) is 38.8 Å². The summed E-state index contributed by atoms with van der Waals surface area (Å²) >= 11 is 0.838. The molecule has 1 aromatic heterocycles. The van der Waals surface area contributed by atoms with Crippen LogP contribution < -0.4 is 5.11 Å². The number of rotatable bonds is 4. The van der Waals surface area contributed by atoms with Gasteiger partial charge in [-0.15, -0.1) is 15.9 Å². The lowest BCUT2D eigenvalue weighted by Gasteiger charge is -2.05. The van der Waals surface area contributed by atoms with E-state index in [0.29, 0.717) is 11.5 Å². The summed E-state index contributed by atoms with van der Waals surface area (Å²) in [4.78, 5) is 11.1. The van der Waals surface area contributed by atoms with Crippen molar-refractivity contribution in [2.75, 3.05) is 0 Å². The van der Waals surface area contributed by atoms with Gasteiger partial charge in [-0.3, -0.25) is 0 Å². The van der Waals surface area contributed by atoms with Crippen molar-refractivity contribution in [3.8, 4) is 5.75 Å². The SMILES string of the molecule is Cc1nnc(S/C(=C\c2cccc([O-])c2)C(=O)O)o1. The van der Waals surface area contributed by atoms with Gasteiger partial charge in [0.05, 0.1) is 0 Å². The number of carbonyl (C=O) groups is 1. The zero-order chi connectivity index (χ0) is 13.8. The fourth-order valence-corrected chi connectivity index (χ4v) is 2.02. The van der Waals surface area contributed by atoms with E-state index in [1.165, 1.54) is 18.2 Å². The third-order valence-corrected chi connectivity index (χ3v) is 2.92. The molecule has 0 saturated heterocycles. The molecule has 0 fully saturated rings. The Kier molecular flexibility index (Phi) is 3.86. The zero-order valence-electron chi connectivity index (χ0n) is 9.86. The van der Waals surface area contributed by atoms with Gasteiger partial charge in [0.1, 0.15) is 4.91 Å². The lowest BCUT2D eigenvalue weighted by Crippen LogP contribution is -1.97. The molecule has 2 aromatic rings. The van der Waals surface area contributed by atoms with E-state index in [9.17, 15) is 9.90 Å². The largest absolute Gasteiger partial charge is 0.872 e. The molecule has 6 nitrogen and oxygen atoms in total. The Morgan fingerprint density at radius 1 is 1.47 bits per heavy atom. The topological polar surface area (TPSA) is 99.3 Å². The molecule has 7 heteroatoms. The van der Waals surface area contributed by atoms with Crippen LogP contribution >= 0.6 is 11.8 Å². The first-order valence-electron chi connectivity index (χ1n) is 5.24. The Labute approximate surface area is 112 Å². The normalized spacial score (nSPS) is 11.5. The Balaban J connectivity index is 2.27. The van der Waals surface area contributed by atoms with E-state index >= 15 is 0 Å². The van der Waals surface area contributed by atoms with E-state index in [-0.39, 0.29) is 15.9 Å². The summed E-state index contributed by atoms with van der Waals surface area (Å²) < 4.78 is 5.10. The van der Waals surface area contributed by atoms with Crippen LogP contribution in [0, 0.1) is 6.92 Å². The van der Waals surface area contributed by atoms with Crippen molar-refractivity contribution in [2.24, 2.45) is 0 Å². The molecule has 1 aromatic carbocycles. The second-order valence-corrected chi connectivity index (χ2v) is 4.57. The number of aliphatic carboxylic acids is 1. The first-order chi connectivity index (χ1) is 9.04. The molecule has 0 saturated carbocycles. The number of aryl methyl sites for hydroxylation is 1. The van der Waals surface area contributed by atoms with Gasteiger partial charge in [-0.1, -0.05) is 24.3 Å². The molecule has 0 aliphatic heterocycles. The van der Waals surface area contributed by atoms with Crippen LogP contribution in [0.5, 0.6) is 5.75 Å². The number of hydrogen-bond donors (Lipinski definition) is 1. The third kappa shape index (κ3) is 3.59. The van der Waals surface area contributed by atoms with Gasteiger partial charge in [-0.25, -0.2) is 4.79 Å². The number of aromatic nitrogens is 2. The summed E-state index contributed by atoms with van der Waals surface area (Å²) in [6.07, 6.45) is 1.38. The van der Waals surface area contributed by atoms with E-state index in [2.05, 4.69) is 10.2 Å². The number of hydrogen-bond acceptors (Lipinski definition) is 6. The van der Waals surface area contributed by atoms with Crippen LogP contribution in [0.3, 0.4) is 0 Å². The molecular weight excluding hydrogens is 268 g/mol. The minimum atomic E-state index is -1.13. The summed E-state index contributed by atoms with van der Waals surface area (Å²) in [5.74, 6) is -0.955. The van der Waals surface area contributed by atoms with Gasteiger partial charge in [0.2, 0.25) is 5.89 Å². The number of nitrogens with zero attached hydrogens (tertiary/aromatic N) is 2. The highest BCUT2D eigenvalue weighted by molar-refractivity contribution is 8.03. The zero-order valence-corrected chi connectivity index (χ0v) is 10.7. The maximum absolute atomic E-state index is 11.2. The van der Waals surface area contributed by atoms with Crippen molar-refractivity contribution >= 4 is 23.8 Å². The summed E-state index contributed by atoms with van der Waals surface area (Å²) in [5.41, 5.74) is 0.508. The van der Waals surface area contributed by atoms with Gasteiger partial charge in [-0.2, -0.15) is 0 Å². The van der Waals surface area contributed by atoms with Crippen molar-refractivity contribution in [1.29, 1.82) is 0 Å². The fourth-order valence-electron chi connectivity index (χ4n) is 1.30. The third-order valence-electron chi connectivity index (χ3n) is 2.07. The Morgan fingerprint density at radius 3 is 2.84 bits per heavy atom. The second kappa shape index (κ2) is 5.57. The molecule has 0 aliphatic rings. The van der Waals surface area contributed by atoms with Gasteiger partial charge in [0.25, 0.3) is 5.22 Å². The summed E-state index contributed by atoms with van der Waals surface area (Å²) in [7, 11) is 0. The summed E-state index contributed by atoms with van der Waals surface area (Å²) in [6, 6.07) is 5.95. The van der Waals surface area contributed by atoms with Crippen LogP contribution in [-0.2, 0) is 4.79 Å². The maximum Gasteiger partial charge on any atom is 0.342 e. The van der Waals surface area contributed by atoms with Gasteiger partial charge in [0, 0.05) is 6.92 Å². The Morgan fingerprint density at radius 2 is 2.26 bits per heavy atom. The van der Waals surface area contributed by atoms with Crippen LogP contribution in [0.25, 0.3) is 6.08 Å². The molecular formula is C12H9N2O4S-. The molecule has 0 atom stereocenters. The molecule has 98 valence electrons. The molecule has 0 bridgehead atoms. The number of thioether (sulfide) groups is 1. The van der Waals surface area contributed by atoms with Crippen molar-refractivity contribution in [3.05, 3.63) is 40.6 Å². The molecule has 19 heavy (non-hydrogen) atoms. The molecule has 0 spiro atoms. The quantitative estimate of drug-likeness (QED) is 0.670. The van der Waals surface area contributed by atoms with Gasteiger partial charge in [-0.05, 0) is 23.4 Å². The van der Waals surface area contributed by atoms with Crippen molar-refractivity contribution in [2.45, 2.75) is 12.1 Å². The van der Waals surface area contributed by atoms with Crippen LogP contribution in [0.2, 0.25) is 0 Å².